The first-order valence-electron chi connectivity index (χ1n) is 15.1. The summed E-state index contributed by atoms with van der Waals surface area (Å²) >= 11 is 0. The molecule has 2 unspecified atom stereocenters. The Morgan fingerprint density at radius 2 is 1.11 bits per heavy atom. The smallest absolute Gasteiger partial charge is 0.265 e. The molecule has 2 N–H and O–H groups in total. The molecule has 212 valence electrons. The maximum absolute atomic E-state index is 11.3. The molecule has 0 fully saturated rings. The normalized spacial score (nSPS) is 14.8. The number of hydrogen-bond acceptors (Lipinski definition) is 4. The Bertz CT molecular complexity index is 489. The van der Waals surface area contributed by atoms with Crippen LogP contribution in [0.2, 0.25) is 0 Å². The van der Waals surface area contributed by atoms with Gasteiger partial charge in [-0.15, -0.1) is 0 Å². The van der Waals surface area contributed by atoms with Crippen LogP contribution in [0.1, 0.15) is 137 Å². The molecule has 7 heteroatoms. The van der Waals surface area contributed by atoms with Gasteiger partial charge in [-0.25, -0.2) is 0 Å². The van der Waals surface area contributed by atoms with E-state index in [4.69, 9.17) is 4.52 Å². The van der Waals surface area contributed by atoms with Gasteiger partial charge in [0.1, 0.15) is 12.6 Å². The van der Waals surface area contributed by atoms with Crippen molar-refractivity contribution in [3.63, 3.8) is 0 Å². The van der Waals surface area contributed by atoms with E-state index in [0.717, 1.165) is 37.1 Å². The second-order valence-corrected chi connectivity index (χ2v) is 11.7. The minimum atomic E-state index is -4.72. The average molecular weight is 521 g/mol. The molecule has 0 heterocycles. The van der Waals surface area contributed by atoms with Crippen LogP contribution in [0.25, 0.3) is 0 Å². The second-order valence-electron chi connectivity index (χ2n) is 10.5. The largest absolute Gasteiger partial charge is 0.756 e. The zero-order valence-electron chi connectivity index (χ0n) is 23.9. The fraction of sp³-hybridized carbons (Fsp3) is 1.00. The number of hydrogen-bond donors (Lipinski definition) is 2. The van der Waals surface area contributed by atoms with Crippen LogP contribution in [0.4, 0.5) is 0 Å². The Kier molecular flexibility index (Phi) is 23.2. The van der Waals surface area contributed by atoms with E-state index in [1.165, 1.54) is 96.3 Å². The lowest BCUT2D eigenvalue weighted by Gasteiger charge is -2.39. The third-order valence-electron chi connectivity index (χ3n) is 7.74. The van der Waals surface area contributed by atoms with Crippen LogP contribution < -0.4 is 10.2 Å². The van der Waals surface area contributed by atoms with Crippen molar-refractivity contribution in [2.24, 2.45) is 0 Å². The first-order chi connectivity index (χ1) is 16.8. The highest BCUT2D eigenvalue weighted by Crippen LogP contribution is 2.34. The van der Waals surface area contributed by atoms with E-state index >= 15 is 0 Å². The van der Waals surface area contributed by atoms with Crippen molar-refractivity contribution >= 4 is 7.82 Å². The monoisotopic (exact) mass is 520 g/mol. The van der Waals surface area contributed by atoms with E-state index in [2.05, 4.69) is 33.0 Å². The van der Waals surface area contributed by atoms with E-state index in [9.17, 15) is 14.4 Å². The third-order valence-corrected chi connectivity index (χ3v) is 8.30. The van der Waals surface area contributed by atoms with Gasteiger partial charge in [-0.1, -0.05) is 103 Å². The first-order valence-corrected chi connectivity index (χ1v) is 16.6. The molecule has 0 radical (unpaired) electrons. The molecule has 0 aromatic heterocycles. The molecule has 0 aromatic carbocycles. The molecule has 35 heavy (non-hydrogen) atoms. The predicted octanol–water partition coefficient (Wildman–Crippen LogP) is 6.95. The van der Waals surface area contributed by atoms with Crippen LogP contribution in [0.3, 0.4) is 0 Å². The lowest BCUT2D eigenvalue weighted by molar-refractivity contribution is -0.925. The van der Waals surface area contributed by atoms with Crippen molar-refractivity contribution in [3.8, 4) is 0 Å². The maximum atomic E-state index is 11.3. The standard InChI is InChI=1S/C28H61N2O4P/c1-5-9-10-11-12-13-14-15-16-17-18-19-20-21-22-23-25-29-26-24-28(34-35(31,32)33)27-30(6-2,7-3)8-4/h28-29H,5-27H2,1-4H3,(H-,31,32,33). The van der Waals surface area contributed by atoms with Gasteiger partial charge >= 0.3 is 0 Å². The molecular formula is C28H61N2O4P. The average Bonchev–Trinajstić information content (AvgIpc) is 2.83. The maximum Gasteiger partial charge on any atom is 0.265 e. The quantitative estimate of drug-likeness (QED) is 0.0696. The second kappa shape index (κ2) is 23.2. The van der Waals surface area contributed by atoms with E-state index in [0.29, 0.717) is 19.5 Å². The van der Waals surface area contributed by atoms with Crippen molar-refractivity contribution < 1.29 is 23.4 Å². The number of unbranched alkanes of at least 4 members (excludes halogenated alkanes) is 15. The van der Waals surface area contributed by atoms with Gasteiger partial charge in [0, 0.05) is 0 Å². The van der Waals surface area contributed by atoms with Crippen LogP contribution >= 0.6 is 7.82 Å². The van der Waals surface area contributed by atoms with Crippen LogP contribution in [0.5, 0.6) is 0 Å². The number of phosphoric ester groups is 1. The van der Waals surface area contributed by atoms with Gasteiger partial charge in [-0.05, 0) is 46.7 Å². The summed E-state index contributed by atoms with van der Waals surface area (Å²) in [6.07, 6.45) is 22.0. The molecule has 0 aliphatic rings. The van der Waals surface area contributed by atoms with Gasteiger partial charge in [-0.2, -0.15) is 0 Å². The fourth-order valence-electron chi connectivity index (χ4n) is 5.04. The van der Waals surface area contributed by atoms with E-state index in [1.54, 1.807) is 0 Å². The third kappa shape index (κ3) is 21.8. The number of rotatable bonds is 27. The molecule has 0 spiro atoms. The lowest BCUT2D eigenvalue weighted by atomic mass is 10.0. The Morgan fingerprint density at radius 3 is 1.49 bits per heavy atom. The summed E-state index contributed by atoms with van der Waals surface area (Å²) in [7, 11) is -4.72. The highest BCUT2D eigenvalue weighted by atomic mass is 31.2. The predicted molar refractivity (Wildman–Crippen MR) is 148 cm³/mol. The van der Waals surface area contributed by atoms with Crippen LogP contribution in [0, 0.1) is 0 Å². The van der Waals surface area contributed by atoms with Crippen molar-refractivity contribution in [3.05, 3.63) is 0 Å². The zero-order valence-corrected chi connectivity index (χ0v) is 24.8. The molecule has 0 saturated heterocycles. The molecule has 6 nitrogen and oxygen atoms in total. The fourth-order valence-corrected chi connectivity index (χ4v) is 5.59. The molecule has 0 bridgehead atoms. The number of phosphoric acid groups is 1. The van der Waals surface area contributed by atoms with Crippen molar-refractivity contribution in [2.45, 2.75) is 143 Å². The van der Waals surface area contributed by atoms with Crippen LogP contribution in [-0.2, 0) is 9.09 Å². The van der Waals surface area contributed by atoms with Gasteiger partial charge in [0.15, 0.2) is 0 Å². The topological polar surface area (TPSA) is 81.6 Å². The summed E-state index contributed by atoms with van der Waals surface area (Å²) in [5, 5.41) is 3.43. The molecule has 0 aliphatic heterocycles. The Balaban J connectivity index is 3.68. The number of likely N-dealkylation sites (N-methyl/N-ethyl adjacent to an activating group) is 1. The molecule has 0 saturated carbocycles. The first kappa shape index (κ1) is 35.0. The Labute approximate surface area is 218 Å². The summed E-state index contributed by atoms with van der Waals surface area (Å²) in [6.45, 7) is 13.7. The lowest BCUT2D eigenvalue weighted by Crippen LogP contribution is -2.52. The summed E-state index contributed by atoms with van der Waals surface area (Å²) in [4.78, 5) is 20.5. The van der Waals surface area contributed by atoms with E-state index in [1.807, 2.05) is 0 Å². The van der Waals surface area contributed by atoms with Crippen molar-refractivity contribution in [1.29, 1.82) is 0 Å². The summed E-state index contributed by atoms with van der Waals surface area (Å²) < 4.78 is 17.2. The molecule has 0 aliphatic carbocycles. The van der Waals surface area contributed by atoms with Crippen molar-refractivity contribution in [2.75, 3.05) is 39.3 Å². The molecule has 2 atom stereocenters. The number of quaternary nitrogens is 1. The molecular weight excluding hydrogens is 459 g/mol. The molecule has 0 amide bonds. The van der Waals surface area contributed by atoms with Gasteiger partial charge in [0.25, 0.3) is 7.82 Å². The Hall–Kier alpha value is 0.0300. The molecule has 0 rings (SSSR count). The molecule has 0 aromatic rings. The summed E-state index contributed by atoms with van der Waals surface area (Å²) in [5.74, 6) is 0. The van der Waals surface area contributed by atoms with Gasteiger partial charge in [0.2, 0.25) is 0 Å². The number of nitrogens with zero attached hydrogens (tertiary/aromatic N) is 1. The highest BCUT2D eigenvalue weighted by Gasteiger charge is 2.28. The SMILES string of the molecule is CCCCCCCCCCCCCCCCCCNCCC(C[N+](CC)(CC)CC)OP(=O)([O-])O. The summed E-state index contributed by atoms with van der Waals surface area (Å²) in [5.41, 5.74) is 0. The van der Waals surface area contributed by atoms with Gasteiger partial charge in [0.05, 0.1) is 19.6 Å². The van der Waals surface area contributed by atoms with Crippen LogP contribution in [-0.4, -0.2) is 54.7 Å². The number of nitrogens with one attached hydrogen (secondary N) is 1. The van der Waals surface area contributed by atoms with E-state index in [-0.39, 0.29) is 0 Å². The van der Waals surface area contributed by atoms with E-state index < -0.39 is 13.9 Å². The highest BCUT2D eigenvalue weighted by molar-refractivity contribution is 7.44. The Morgan fingerprint density at radius 1 is 0.714 bits per heavy atom. The van der Waals surface area contributed by atoms with Gasteiger partial charge in [-0.3, -0.25) is 4.57 Å². The van der Waals surface area contributed by atoms with Crippen LogP contribution in [0.15, 0.2) is 0 Å². The van der Waals surface area contributed by atoms with Gasteiger partial charge < -0.3 is 24.1 Å². The van der Waals surface area contributed by atoms with Crippen molar-refractivity contribution in [1.82, 2.24) is 5.32 Å². The minimum absolute atomic E-state index is 0.485. The summed E-state index contributed by atoms with van der Waals surface area (Å²) in [6, 6.07) is 0. The minimum Gasteiger partial charge on any atom is -0.756 e. The zero-order chi connectivity index (χ0) is 26.3.